The van der Waals surface area contributed by atoms with Crippen LogP contribution in [0.1, 0.15) is 86.0 Å². The van der Waals surface area contributed by atoms with Crippen molar-refractivity contribution in [1.82, 2.24) is 0 Å². The molecule has 0 bridgehead atoms. The molecule has 1 unspecified atom stereocenters. The molecule has 12 atom stereocenters. The summed E-state index contributed by atoms with van der Waals surface area (Å²) in [5.41, 5.74) is 1.48. The minimum atomic E-state index is -1.84. The van der Waals surface area contributed by atoms with Crippen LogP contribution in [0.25, 0.3) is 0 Å². The number of hydrogen-bond acceptors (Lipinski definition) is 3. The van der Waals surface area contributed by atoms with Crippen LogP contribution in [-0.4, -0.2) is 27.5 Å². The molecule has 5 fully saturated rings. The maximum Gasteiger partial charge on any atom is 0.295 e. The van der Waals surface area contributed by atoms with Crippen molar-refractivity contribution in [2.24, 2.45) is 63.6 Å². The Labute approximate surface area is 222 Å². The van der Waals surface area contributed by atoms with Crippen LogP contribution in [0.5, 0.6) is 0 Å². The lowest BCUT2D eigenvalue weighted by Crippen LogP contribution is -2.57. The van der Waals surface area contributed by atoms with Crippen molar-refractivity contribution in [3.8, 4) is 0 Å². The Morgan fingerprint density at radius 1 is 0.972 bits per heavy atom. The molecule has 5 aliphatic rings. The largest absolute Gasteiger partial charge is 0.520 e. The molecule has 5 rings (SSSR count). The van der Waals surface area contributed by atoms with Crippen LogP contribution in [-0.2, 0) is 14.0 Å². The van der Waals surface area contributed by atoms with Gasteiger partial charge in [0.1, 0.15) is 0 Å². The van der Waals surface area contributed by atoms with Gasteiger partial charge >= 0.3 is 0 Å². The Balaban J connectivity index is 1.28. The van der Waals surface area contributed by atoms with Gasteiger partial charge in [0.15, 0.2) is 0 Å². The van der Waals surface area contributed by atoms with Gasteiger partial charge in [0.2, 0.25) is 8.32 Å². The van der Waals surface area contributed by atoms with Crippen molar-refractivity contribution in [3.05, 3.63) is 12.2 Å². The van der Waals surface area contributed by atoms with E-state index in [4.69, 9.17) is 9.16 Å². The molecule has 3 nitrogen and oxygen atoms in total. The second-order valence-electron chi connectivity index (χ2n) is 15.4. The Morgan fingerprint density at radius 3 is 2.33 bits per heavy atom. The fourth-order valence-corrected chi connectivity index (χ4v) is 11.5. The standard InChI is InChI=1S/C32H54O3Si/c1-20(22(3)29(33)35-36(7,8)9)10-11-21(2)25-12-13-26-24-18-28(34-6)32-19-23(32)14-17-31(32,5)27(24)15-16-30(25,26)4/h10-11,20-28H,12-19H2,1-9H3/b11-10+/t20-,21-,22?,23-,24+,25-,26+,27+,28-,30-,31-,32+/m1/s1. The van der Waals surface area contributed by atoms with Gasteiger partial charge in [0, 0.05) is 12.5 Å². The van der Waals surface area contributed by atoms with Crippen molar-refractivity contribution in [1.29, 1.82) is 0 Å². The van der Waals surface area contributed by atoms with Gasteiger partial charge in [-0.2, -0.15) is 0 Å². The number of ether oxygens (including phenoxy) is 1. The van der Waals surface area contributed by atoms with E-state index in [9.17, 15) is 4.79 Å². The van der Waals surface area contributed by atoms with Crippen LogP contribution in [0.2, 0.25) is 19.6 Å². The van der Waals surface area contributed by atoms with Gasteiger partial charge in [-0.25, -0.2) is 0 Å². The number of rotatable bonds is 7. The van der Waals surface area contributed by atoms with E-state index < -0.39 is 8.32 Å². The van der Waals surface area contributed by atoms with E-state index in [1.54, 1.807) is 0 Å². The van der Waals surface area contributed by atoms with Crippen molar-refractivity contribution in [2.75, 3.05) is 7.11 Å². The lowest BCUT2D eigenvalue weighted by atomic mass is 9.45. The summed E-state index contributed by atoms with van der Waals surface area (Å²) in [6, 6.07) is 0. The molecule has 0 aromatic heterocycles. The summed E-state index contributed by atoms with van der Waals surface area (Å²) >= 11 is 0. The molecule has 5 saturated carbocycles. The topological polar surface area (TPSA) is 35.5 Å². The number of carbonyl (C=O) groups is 1. The predicted molar refractivity (Wildman–Crippen MR) is 150 cm³/mol. The molecule has 0 aliphatic heterocycles. The van der Waals surface area contributed by atoms with E-state index in [0.717, 1.165) is 29.6 Å². The average Bonchev–Trinajstić information content (AvgIpc) is 3.31. The third kappa shape index (κ3) is 3.93. The van der Waals surface area contributed by atoms with E-state index in [0.29, 0.717) is 28.3 Å². The zero-order valence-corrected chi connectivity index (χ0v) is 25.7. The van der Waals surface area contributed by atoms with Crippen LogP contribution in [0.4, 0.5) is 0 Å². The quantitative estimate of drug-likeness (QED) is 0.254. The summed E-state index contributed by atoms with van der Waals surface area (Å²) in [4.78, 5) is 12.6. The molecule has 0 aromatic carbocycles. The summed E-state index contributed by atoms with van der Waals surface area (Å²) in [5.74, 6) is 4.98. The first-order chi connectivity index (χ1) is 16.8. The van der Waals surface area contributed by atoms with Gasteiger partial charge in [0.25, 0.3) is 5.97 Å². The maximum absolute atomic E-state index is 12.6. The third-order valence-electron chi connectivity index (χ3n) is 12.8. The molecule has 1 spiro atoms. The van der Waals surface area contributed by atoms with Crippen LogP contribution >= 0.6 is 0 Å². The molecule has 5 aliphatic carbocycles. The summed E-state index contributed by atoms with van der Waals surface area (Å²) in [6.07, 6.45) is 16.5. The second-order valence-corrected chi connectivity index (χ2v) is 19.8. The fourth-order valence-electron chi connectivity index (χ4n) is 10.7. The average molecular weight is 515 g/mol. The van der Waals surface area contributed by atoms with E-state index in [2.05, 4.69) is 59.5 Å². The molecule has 0 N–H and O–H groups in total. The van der Waals surface area contributed by atoms with Gasteiger partial charge in [-0.3, -0.25) is 4.79 Å². The van der Waals surface area contributed by atoms with E-state index >= 15 is 0 Å². The molecule has 0 aromatic rings. The summed E-state index contributed by atoms with van der Waals surface area (Å²) in [5, 5.41) is 0. The zero-order chi connectivity index (χ0) is 26.3. The van der Waals surface area contributed by atoms with Gasteiger partial charge in [-0.15, -0.1) is 0 Å². The molecule has 36 heavy (non-hydrogen) atoms. The highest BCUT2D eigenvalue weighted by atomic mass is 28.4. The lowest BCUT2D eigenvalue weighted by Gasteiger charge is -2.61. The summed E-state index contributed by atoms with van der Waals surface area (Å²) < 4.78 is 12.1. The second kappa shape index (κ2) is 8.97. The highest BCUT2D eigenvalue weighted by Gasteiger charge is 2.77. The fraction of sp³-hybridized carbons (Fsp3) is 0.906. The number of hydrogen-bond donors (Lipinski definition) is 0. The molecule has 204 valence electrons. The number of methoxy groups -OCH3 is 1. The Bertz CT molecular complexity index is 892. The molecule has 4 heteroatoms. The van der Waals surface area contributed by atoms with E-state index in [-0.39, 0.29) is 17.8 Å². The van der Waals surface area contributed by atoms with Crippen molar-refractivity contribution < 1.29 is 14.0 Å². The van der Waals surface area contributed by atoms with Crippen LogP contribution in [0.15, 0.2) is 12.2 Å². The highest BCUT2D eigenvalue weighted by Crippen LogP contribution is 2.82. The number of fused-ring (bicyclic) bond motifs is 4. The van der Waals surface area contributed by atoms with Crippen molar-refractivity contribution in [2.45, 2.75) is 112 Å². The predicted octanol–water partition coefficient (Wildman–Crippen LogP) is 8.11. The Hall–Kier alpha value is -0.613. The zero-order valence-electron chi connectivity index (χ0n) is 24.7. The van der Waals surface area contributed by atoms with Gasteiger partial charge in [-0.05, 0) is 123 Å². The van der Waals surface area contributed by atoms with Gasteiger partial charge in [0.05, 0.1) is 12.0 Å². The smallest absolute Gasteiger partial charge is 0.295 e. The molecule has 0 saturated heterocycles. The minimum Gasteiger partial charge on any atom is -0.520 e. The van der Waals surface area contributed by atoms with Crippen LogP contribution < -0.4 is 0 Å². The summed E-state index contributed by atoms with van der Waals surface area (Å²) in [6.45, 7) is 18.2. The SMILES string of the molecule is CO[C@@H]1C[C@H]2[C@@H]3CC[C@H]([C@H](C)/C=C/[C@@H](C)C(C)C(=O)O[Si](C)(C)C)[C@@]3(C)CC[C@@H]2[C@@]2(C)CC[C@@H]3C[C@]312. The first-order valence-electron chi connectivity index (χ1n) is 15.2. The van der Waals surface area contributed by atoms with Crippen molar-refractivity contribution in [3.63, 3.8) is 0 Å². The first-order valence-corrected chi connectivity index (χ1v) is 18.6. The first kappa shape index (κ1) is 27.0. The normalized spacial score (nSPS) is 47.9. The van der Waals surface area contributed by atoms with Gasteiger partial charge < -0.3 is 9.16 Å². The van der Waals surface area contributed by atoms with E-state index in [1.807, 2.05) is 14.0 Å². The third-order valence-corrected chi connectivity index (χ3v) is 13.6. The highest BCUT2D eigenvalue weighted by molar-refractivity contribution is 6.71. The lowest BCUT2D eigenvalue weighted by molar-refractivity contribution is -0.160. The van der Waals surface area contributed by atoms with Crippen LogP contribution in [0.3, 0.4) is 0 Å². The molecular weight excluding hydrogens is 460 g/mol. The van der Waals surface area contributed by atoms with Crippen LogP contribution in [0, 0.1) is 63.6 Å². The molecule has 0 heterocycles. The monoisotopic (exact) mass is 514 g/mol. The van der Waals surface area contributed by atoms with Gasteiger partial charge in [-0.1, -0.05) is 46.8 Å². The number of allylic oxidation sites excluding steroid dienone is 2. The Morgan fingerprint density at radius 2 is 1.69 bits per heavy atom. The molecule has 0 radical (unpaired) electrons. The Kier molecular flexibility index (Phi) is 6.72. The summed E-state index contributed by atoms with van der Waals surface area (Å²) in [7, 11) is 0.157. The maximum atomic E-state index is 12.6. The number of carbonyl (C=O) groups excluding carboxylic acids is 1. The van der Waals surface area contributed by atoms with Crippen molar-refractivity contribution >= 4 is 14.3 Å². The minimum absolute atomic E-state index is 0.0220. The molecule has 0 amide bonds. The molecular formula is C32H54O3Si. The van der Waals surface area contributed by atoms with E-state index in [1.165, 1.54) is 51.4 Å².